The van der Waals surface area contributed by atoms with E-state index in [1.807, 2.05) is 41.1 Å². The highest BCUT2D eigenvalue weighted by atomic mass is 32.1. The molecule has 0 bridgehead atoms. The summed E-state index contributed by atoms with van der Waals surface area (Å²) in [5, 5.41) is 5.68. The molecule has 3 aromatic rings. The third kappa shape index (κ3) is 4.69. The van der Waals surface area contributed by atoms with Crippen molar-refractivity contribution < 1.29 is 4.79 Å². The minimum absolute atomic E-state index is 0.117. The number of nitrogens with zero attached hydrogens (tertiary/aromatic N) is 3. The highest BCUT2D eigenvalue weighted by Gasteiger charge is 2.18. The van der Waals surface area contributed by atoms with Gasteiger partial charge in [-0.25, -0.2) is 4.98 Å². The van der Waals surface area contributed by atoms with Gasteiger partial charge in [-0.2, -0.15) is 0 Å². The molecule has 1 aliphatic rings. The van der Waals surface area contributed by atoms with Gasteiger partial charge in [0.15, 0.2) is 5.13 Å². The number of carbonyl (C=O) groups excluding carboxylic acids is 1. The van der Waals surface area contributed by atoms with Gasteiger partial charge in [-0.15, -0.1) is 11.3 Å². The van der Waals surface area contributed by atoms with Crippen LogP contribution >= 0.6 is 11.3 Å². The van der Waals surface area contributed by atoms with E-state index in [0.717, 1.165) is 31.2 Å². The van der Waals surface area contributed by atoms with Crippen LogP contribution in [0.25, 0.3) is 0 Å². The molecule has 0 atom stereocenters. The molecule has 1 aromatic carbocycles. The number of nitrogens with one attached hydrogen (secondary N) is 1. The van der Waals surface area contributed by atoms with E-state index in [4.69, 9.17) is 0 Å². The van der Waals surface area contributed by atoms with E-state index in [-0.39, 0.29) is 5.91 Å². The summed E-state index contributed by atoms with van der Waals surface area (Å²) < 4.78 is 1.97. The van der Waals surface area contributed by atoms with E-state index in [2.05, 4.69) is 39.6 Å². The van der Waals surface area contributed by atoms with Crippen LogP contribution in [0.2, 0.25) is 0 Å². The van der Waals surface area contributed by atoms with Gasteiger partial charge in [0, 0.05) is 24.7 Å². The number of aromatic nitrogens is 2. The monoisotopic (exact) mass is 394 g/mol. The highest BCUT2D eigenvalue weighted by Crippen LogP contribution is 2.21. The van der Waals surface area contributed by atoms with E-state index in [0.29, 0.717) is 17.4 Å². The van der Waals surface area contributed by atoms with Crippen molar-refractivity contribution in [3.8, 4) is 0 Å². The molecular formula is C22H26N4OS. The summed E-state index contributed by atoms with van der Waals surface area (Å²) in [6.45, 7) is 6.12. The first-order valence-electron chi connectivity index (χ1n) is 9.84. The Kier molecular flexibility index (Phi) is 5.88. The number of benzene rings is 1. The van der Waals surface area contributed by atoms with Gasteiger partial charge in [0.05, 0.1) is 5.69 Å². The normalized spacial score (nSPS) is 15.6. The van der Waals surface area contributed by atoms with Gasteiger partial charge in [0.2, 0.25) is 0 Å². The molecule has 1 saturated heterocycles. The topological polar surface area (TPSA) is 50.2 Å². The number of anilines is 1. The van der Waals surface area contributed by atoms with Gasteiger partial charge in [-0.1, -0.05) is 37.3 Å². The summed E-state index contributed by atoms with van der Waals surface area (Å²) in [5.41, 5.74) is 2.85. The summed E-state index contributed by atoms with van der Waals surface area (Å²) in [6, 6.07) is 13.9. The number of likely N-dealkylation sites (tertiary alicyclic amines) is 1. The number of rotatable bonds is 6. The standard InChI is InChI=1S/C22H26N4OS/c1-17-9-12-25(13-10-17)15-19-16-28-22(23-19)24-21(27)20-8-5-11-26(20)14-18-6-3-2-4-7-18/h2-8,11,16-17H,9-10,12-15H2,1H3,(H,23,24,27). The van der Waals surface area contributed by atoms with Gasteiger partial charge in [0.1, 0.15) is 5.69 Å². The Balaban J connectivity index is 1.37. The Morgan fingerprint density at radius 1 is 1.14 bits per heavy atom. The van der Waals surface area contributed by atoms with E-state index in [9.17, 15) is 4.79 Å². The zero-order valence-corrected chi connectivity index (χ0v) is 17.0. The maximum Gasteiger partial charge on any atom is 0.274 e. The van der Waals surface area contributed by atoms with Crippen molar-refractivity contribution >= 4 is 22.4 Å². The Morgan fingerprint density at radius 3 is 2.71 bits per heavy atom. The summed E-state index contributed by atoms with van der Waals surface area (Å²) in [7, 11) is 0. The van der Waals surface area contributed by atoms with Crippen molar-refractivity contribution in [2.45, 2.75) is 32.9 Å². The highest BCUT2D eigenvalue weighted by molar-refractivity contribution is 7.13. The molecule has 3 heterocycles. The lowest BCUT2D eigenvalue weighted by Gasteiger charge is -2.29. The molecule has 28 heavy (non-hydrogen) atoms. The fourth-order valence-electron chi connectivity index (χ4n) is 3.59. The summed E-state index contributed by atoms with van der Waals surface area (Å²) in [6.07, 6.45) is 4.45. The van der Waals surface area contributed by atoms with E-state index < -0.39 is 0 Å². The molecule has 2 aromatic heterocycles. The molecule has 0 saturated carbocycles. The van der Waals surface area contributed by atoms with Crippen LogP contribution in [0.5, 0.6) is 0 Å². The van der Waals surface area contributed by atoms with Crippen LogP contribution in [0.3, 0.4) is 0 Å². The smallest absolute Gasteiger partial charge is 0.274 e. The molecule has 1 aliphatic heterocycles. The van der Waals surface area contributed by atoms with Crippen molar-refractivity contribution in [3.63, 3.8) is 0 Å². The summed E-state index contributed by atoms with van der Waals surface area (Å²) >= 11 is 1.50. The quantitative estimate of drug-likeness (QED) is 0.671. The van der Waals surface area contributed by atoms with Crippen molar-refractivity contribution in [3.05, 3.63) is 71.0 Å². The SMILES string of the molecule is CC1CCN(Cc2csc(NC(=O)c3cccn3Cc3ccccc3)n2)CC1. The first-order chi connectivity index (χ1) is 13.7. The average molecular weight is 395 g/mol. The second kappa shape index (κ2) is 8.71. The van der Waals surface area contributed by atoms with Crippen LogP contribution < -0.4 is 5.32 Å². The van der Waals surface area contributed by atoms with Gasteiger partial charge >= 0.3 is 0 Å². The largest absolute Gasteiger partial charge is 0.339 e. The summed E-state index contributed by atoms with van der Waals surface area (Å²) in [5.74, 6) is 0.710. The number of hydrogen-bond donors (Lipinski definition) is 1. The van der Waals surface area contributed by atoms with Gasteiger partial charge in [0.25, 0.3) is 5.91 Å². The lowest BCUT2D eigenvalue weighted by molar-refractivity contribution is 0.101. The van der Waals surface area contributed by atoms with E-state index >= 15 is 0 Å². The van der Waals surface area contributed by atoms with Crippen LogP contribution in [-0.4, -0.2) is 33.4 Å². The molecule has 0 spiro atoms. The molecule has 5 nitrogen and oxygen atoms in total. The second-order valence-corrected chi connectivity index (χ2v) is 8.42. The number of amides is 1. The molecule has 1 fully saturated rings. The van der Waals surface area contributed by atoms with Crippen LogP contribution in [0.4, 0.5) is 5.13 Å². The Hall–Kier alpha value is -2.44. The Bertz CT molecular complexity index is 910. The number of thiazole rings is 1. The lowest BCUT2D eigenvalue weighted by Crippen LogP contribution is -2.32. The fraction of sp³-hybridized carbons (Fsp3) is 0.364. The zero-order chi connectivity index (χ0) is 19.3. The first-order valence-corrected chi connectivity index (χ1v) is 10.7. The molecule has 0 radical (unpaired) electrons. The number of piperidine rings is 1. The van der Waals surface area contributed by atoms with Crippen LogP contribution in [0, 0.1) is 5.92 Å². The Morgan fingerprint density at radius 2 is 1.93 bits per heavy atom. The third-order valence-corrected chi connectivity index (χ3v) is 6.10. The summed E-state index contributed by atoms with van der Waals surface area (Å²) in [4.78, 5) is 19.8. The third-order valence-electron chi connectivity index (χ3n) is 5.29. The van der Waals surface area contributed by atoms with Crippen molar-refractivity contribution in [2.75, 3.05) is 18.4 Å². The zero-order valence-electron chi connectivity index (χ0n) is 16.2. The number of carbonyl (C=O) groups is 1. The minimum atomic E-state index is -0.117. The van der Waals surface area contributed by atoms with Crippen molar-refractivity contribution in [1.29, 1.82) is 0 Å². The number of hydrogen-bond acceptors (Lipinski definition) is 4. The van der Waals surface area contributed by atoms with Gasteiger partial charge < -0.3 is 4.57 Å². The predicted molar refractivity (Wildman–Crippen MR) is 114 cm³/mol. The van der Waals surface area contributed by atoms with E-state index in [1.165, 1.54) is 29.7 Å². The first kappa shape index (κ1) is 18.9. The molecule has 6 heteroatoms. The van der Waals surface area contributed by atoms with Crippen molar-refractivity contribution in [2.24, 2.45) is 5.92 Å². The van der Waals surface area contributed by atoms with Crippen LogP contribution in [-0.2, 0) is 13.1 Å². The molecule has 1 amide bonds. The molecule has 4 rings (SSSR count). The fourth-order valence-corrected chi connectivity index (χ4v) is 4.28. The van der Waals surface area contributed by atoms with Gasteiger partial charge in [-0.3, -0.25) is 15.0 Å². The molecular weight excluding hydrogens is 368 g/mol. The van der Waals surface area contributed by atoms with Crippen molar-refractivity contribution in [1.82, 2.24) is 14.5 Å². The lowest BCUT2D eigenvalue weighted by atomic mass is 9.99. The molecule has 0 unspecified atom stereocenters. The molecule has 0 aliphatic carbocycles. The molecule has 1 N–H and O–H groups in total. The average Bonchev–Trinajstić information content (AvgIpc) is 3.34. The Labute approximate surface area is 170 Å². The van der Waals surface area contributed by atoms with Gasteiger partial charge in [-0.05, 0) is 49.5 Å². The minimum Gasteiger partial charge on any atom is -0.339 e. The maximum atomic E-state index is 12.7. The van der Waals surface area contributed by atoms with Crippen LogP contribution in [0.1, 0.15) is 41.5 Å². The molecule has 146 valence electrons. The van der Waals surface area contributed by atoms with Crippen LogP contribution in [0.15, 0.2) is 54.0 Å². The maximum absolute atomic E-state index is 12.7. The second-order valence-electron chi connectivity index (χ2n) is 7.56. The van der Waals surface area contributed by atoms with E-state index in [1.54, 1.807) is 0 Å². The predicted octanol–water partition coefficient (Wildman–Crippen LogP) is 4.48.